The zero-order valence-electron chi connectivity index (χ0n) is 15.3. The predicted molar refractivity (Wildman–Crippen MR) is 99.0 cm³/mol. The Labute approximate surface area is 153 Å². The summed E-state index contributed by atoms with van der Waals surface area (Å²) < 4.78 is 11.9. The molecule has 2 aromatic rings. The molecule has 0 N–H and O–H groups in total. The molecule has 5 nitrogen and oxygen atoms in total. The number of fused-ring (bicyclic) bond motifs is 2. The van der Waals surface area contributed by atoms with E-state index >= 15 is 0 Å². The van der Waals surface area contributed by atoms with E-state index in [1.807, 2.05) is 12.1 Å². The third-order valence-corrected chi connectivity index (χ3v) is 6.30. The molecular formula is C21H26NO4+. The highest BCUT2D eigenvalue weighted by Gasteiger charge is 2.43. The first-order valence-electron chi connectivity index (χ1n) is 9.61. The van der Waals surface area contributed by atoms with Crippen LogP contribution < -0.4 is 5.63 Å². The minimum absolute atomic E-state index is 0.0135. The molecule has 2 saturated heterocycles. The quantitative estimate of drug-likeness (QED) is 0.481. The van der Waals surface area contributed by atoms with Crippen molar-refractivity contribution in [2.45, 2.75) is 38.1 Å². The van der Waals surface area contributed by atoms with Gasteiger partial charge in [-0.2, -0.15) is 0 Å². The molecule has 0 saturated carbocycles. The maximum absolute atomic E-state index is 12.5. The Morgan fingerprint density at radius 3 is 2.88 bits per heavy atom. The van der Waals surface area contributed by atoms with Gasteiger partial charge in [-0.25, -0.2) is 9.59 Å². The van der Waals surface area contributed by atoms with Crippen LogP contribution in [0.15, 0.2) is 39.5 Å². The van der Waals surface area contributed by atoms with Gasteiger partial charge < -0.3 is 13.6 Å². The van der Waals surface area contributed by atoms with E-state index in [1.54, 1.807) is 18.2 Å². The average molecular weight is 356 g/mol. The summed E-state index contributed by atoms with van der Waals surface area (Å²) in [6, 6.07) is 9.33. The Morgan fingerprint density at radius 1 is 1.19 bits per heavy atom. The molecule has 0 radical (unpaired) electrons. The molecular weight excluding hydrogens is 330 g/mol. The summed E-state index contributed by atoms with van der Waals surface area (Å²) >= 11 is 0. The highest BCUT2D eigenvalue weighted by atomic mass is 16.5. The van der Waals surface area contributed by atoms with Gasteiger partial charge in [0.1, 0.15) is 17.8 Å². The largest absolute Gasteiger partial charge is 0.461 e. The lowest BCUT2D eigenvalue weighted by atomic mass is 9.82. The van der Waals surface area contributed by atoms with Crippen LogP contribution in [0, 0.1) is 5.92 Å². The van der Waals surface area contributed by atoms with Crippen LogP contribution in [0.5, 0.6) is 0 Å². The minimum atomic E-state index is -0.629. The number of quaternary nitrogens is 1. The van der Waals surface area contributed by atoms with Crippen LogP contribution in [-0.4, -0.2) is 43.2 Å². The van der Waals surface area contributed by atoms with E-state index in [-0.39, 0.29) is 5.56 Å². The number of rotatable bonds is 3. The summed E-state index contributed by atoms with van der Waals surface area (Å²) in [5, 5.41) is 0.730. The van der Waals surface area contributed by atoms with Gasteiger partial charge in [-0.1, -0.05) is 18.2 Å². The van der Waals surface area contributed by atoms with Crippen molar-refractivity contribution in [1.82, 2.24) is 0 Å². The summed E-state index contributed by atoms with van der Waals surface area (Å²) in [7, 11) is 2.34. The maximum Gasteiger partial charge on any atom is 0.351 e. The fourth-order valence-electron chi connectivity index (χ4n) is 4.89. The molecule has 3 atom stereocenters. The monoisotopic (exact) mass is 356 g/mol. The zero-order valence-corrected chi connectivity index (χ0v) is 15.3. The lowest BCUT2D eigenvalue weighted by Crippen LogP contribution is -2.61. The fourth-order valence-corrected chi connectivity index (χ4v) is 4.89. The van der Waals surface area contributed by atoms with Crippen LogP contribution in [0.3, 0.4) is 0 Å². The Kier molecular flexibility index (Phi) is 4.57. The van der Waals surface area contributed by atoms with Crippen LogP contribution in [0.2, 0.25) is 0 Å². The maximum atomic E-state index is 12.5. The van der Waals surface area contributed by atoms with Gasteiger partial charge in [0.25, 0.3) is 0 Å². The van der Waals surface area contributed by atoms with E-state index in [0.29, 0.717) is 24.1 Å². The number of hydrogen-bond donors (Lipinski definition) is 0. The van der Waals surface area contributed by atoms with Gasteiger partial charge in [0.15, 0.2) is 0 Å². The Bertz CT molecular complexity index is 870. The van der Waals surface area contributed by atoms with Gasteiger partial charge in [-0.05, 0) is 37.8 Å². The molecule has 0 spiro atoms. The SMILES string of the molecule is C[N+]12CCCC[C@@H]1[C@H](COC(=O)c1cc3ccccc3oc1=O)CCC2. The van der Waals surface area contributed by atoms with Crippen molar-refractivity contribution in [3.8, 4) is 0 Å². The number of nitrogens with zero attached hydrogens (tertiary/aromatic N) is 1. The highest BCUT2D eigenvalue weighted by molar-refractivity contribution is 5.92. The van der Waals surface area contributed by atoms with Crippen molar-refractivity contribution in [3.05, 3.63) is 46.3 Å². The standard InChI is InChI=1S/C21H26NO4/c1-22-11-5-4-9-18(22)16(8-6-12-22)14-25-20(23)17-13-15-7-2-3-10-19(15)26-21(17)24/h2-3,7,10,13,16,18H,4-6,8-9,11-12,14H2,1H3/q+1/t16-,18+,22?/m0/s1. The van der Waals surface area contributed by atoms with Gasteiger partial charge in [-0.3, -0.25) is 0 Å². The zero-order chi connectivity index (χ0) is 18.1. The van der Waals surface area contributed by atoms with Crippen molar-refractivity contribution in [1.29, 1.82) is 0 Å². The summed E-state index contributed by atoms with van der Waals surface area (Å²) in [4.78, 5) is 24.6. The normalized spacial score (nSPS) is 28.5. The van der Waals surface area contributed by atoms with Crippen molar-refractivity contribution in [3.63, 3.8) is 0 Å². The first kappa shape index (κ1) is 17.3. The van der Waals surface area contributed by atoms with E-state index < -0.39 is 11.6 Å². The first-order chi connectivity index (χ1) is 12.6. The summed E-state index contributed by atoms with van der Waals surface area (Å²) in [6.07, 6.45) is 6.02. The molecule has 1 aromatic carbocycles. The second kappa shape index (κ2) is 6.88. The molecule has 1 aromatic heterocycles. The highest BCUT2D eigenvalue weighted by Crippen LogP contribution is 2.36. The lowest BCUT2D eigenvalue weighted by Gasteiger charge is -2.51. The van der Waals surface area contributed by atoms with Crippen molar-refractivity contribution < 1.29 is 18.4 Å². The minimum Gasteiger partial charge on any atom is -0.461 e. The Hall–Kier alpha value is -2.14. The summed E-state index contributed by atoms with van der Waals surface area (Å²) in [5.74, 6) is -0.189. The van der Waals surface area contributed by atoms with Crippen LogP contribution in [0.25, 0.3) is 11.0 Å². The molecule has 2 aliphatic rings. The van der Waals surface area contributed by atoms with Gasteiger partial charge in [0, 0.05) is 17.7 Å². The van der Waals surface area contributed by atoms with Crippen molar-refractivity contribution >= 4 is 16.9 Å². The molecule has 1 unspecified atom stereocenters. The number of benzene rings is 1. The number of piperidine rings is 2. The van der Waals surface area contributed by atoms with Crippen molar-refractivity contribution in [2.24, 2.45) is 5.92 Å². The van der Waals surface area contributed by atoms with Crippen LogP contribution in [-0.2, 0) is 4.74 Å². The van der Waals surface area contributed by atoms with Gasteiger partial charge in [0.05, 0.1) is 26.2 Å². The molecule has 3 heterocycles. The second-order valence-corrected chi connectivity index (χ2v) is 7.98. The molecule has 0 bridgehead atoms. The van der Waals surface area contributed by atoms with E-state index in [0.717, 1.165) is 16.3 Å². The molecule has 5 heteroatoms. The Balaban J connectivity index is 1.48. The smallest absolute Gasteiger partial charge is 0.351 e. The topological polar surface area (TPSA) is 56.5 Å². The number of para-hydroxylation sites is 1. The molecule has 0 aliphatic carbocycles. The van der Waals surface area contributed by atoms with E-state index in [4.69, 9.17) is 9.15 Å². The van der Waals surface area contributed by atoms with Gasteiger partial charge >= 0.3 is 11.6 Å². The molecule has 4 rings (SSSR count). The van der Waals surface area contributed by atoms with Crippen LogP contribution >= 0.6 is 0 Å². The second-order valence-electron chi connectivity index (χ2n) is 7.98. The number of carbonyl (C=O) groups is 1. The van der Waals surface area contributed by atoms with E-state index in [1.165, 1.54) is 38.8 Å². The van der Waals surface area contributed by atoms with Crippen LogP contribution in [0.1, 0.15) is 42.5 Å². The first-order valence-corrected chi connectivity index (χ1v) is 9.61. The average Bonchev–Trinajstić information content (AvgIpc) is 2.64. The summed E-state index contributed by atoms with van der Waals surface area (Å²) in [6.45, 7) is 2.84. The third-order valence-electron chi connectivity index (χ3n) is 6.30. The third kappa shape index (κ3) is 3.16. The van der Waals surface area contributed by atoms with E-state index in [9.17, 15) is 9.59 Å². The van der Waals surface area contributed by atoms with E-state index in [2.05, 4.69) is 7.05 Å². The lowest BCUT2D eigenvalue weighted by molar-refractivity contribution is -0.947. The predicted octanol–water partition coefficient (Wildman–Crippen LogP) is 3.36. The number of carbonyl (C=O) groups excluding carboxylic acids is 1. The molecule has 2 aliphatic heterocycles. The van der Waals surface area contributed by atoms with Crippen molar-refractivity contribution in [2.75, 3.05) is 26.7 Å². The molecule has 0 amide bonds. The number of esters is 1. The molecule has 26 heavy (non-hydrogen) atoms. The van der Waals surface area contributed by atoms with Gasteiger partial charge in [-0.15, -0.1) is 0 Å². The van der Waals surface area contributed by atoms with Crippen LogP contribution in [0.4, 0.5) is 0 Å². The van der Waals surface area contributed by atoms with Gasteiger partial charge in [0.2, 0.25) is 0 Å². The number of hydrogen-bond acceptors (Lipinski definition) is 4. The summed E-state index contributed by atoms with van der Waals surface area (Å²) in [5.41, 5.74) is -0.160. The molecule has 138 valence electrons. The molecule has 2 fully saturated rings. The fraction of sp³-hybridized carbons (Fsp3) is 0.524. The Morgan fingerprint density at radius 2 is 2.00 bits per heavy atom. The number of ether oxygens (including phenoxy) is 1.